The van der Waals surface area contributed by atoms with Crippen LogP contribution in [0.3, 0.4) is 0 Å². The molecule has 2 N–H and O–H groups in total. The summed E-state index contributed by atoms with van der Waals surface area (Å²) in [5, 5.41) is 6.40. The molecule has 6 nitrogen and oxygen atoms in total. The van der Waals surface area contributed by atoms with Crippen molar-refractivity contribution in [1.29, 1.82) is 0 Å². The third kappa shape index (κ3) is 3.87. The Morgan fingerprint density at radius 1 is 1.50 bits per heavy atom. The van der Waals surface area contributed by atoms with Gasteiger partial charge >= 0.3 is 0 Å². The van der Waals surface area contributed by atoms with Gasteiger partial charge < -0.3 is 20.0 Å². The van der Waals surface area contributed by atoms with E-state index in [-0.39, 0.29) is 5.91 Å². The lowest BCUT2D eigenvalue weighted by Gasteiger charge is -2.28. The highest BCUT2D eigenvalue weighted by Crippen LogP contribution is 2.25. The lowest BCUT2D eigenvalue weighted by Crippen LogP contribution is -2.34. The Morgan fingerprint density at radius 3 is 3.04 bits per heavy atom. The summed E-state index contributed by atoms with van der Waals surface area (Å²) in [7, 11) is 3.77. The Morgan fingerprint density at radius 2 is 2.33 bits per heavy atom. The number of aromatic nitrogens is 1. The molecule has 2 aromatic rings. The van der Waals surface area contributed by atoms with Gasteiger partial charge in [-0.15, -0.1) is 0 Å². The van der Waals surface area contributed by atoms with Gasteiger partial charge in [0.15, 0.2) is 5.58 Å². The highest BCUT2D eigenvalue weighted by Gasteiger charge is 2.22. The van der Waals surface area contributed by atoms with E-state index in [9.17, 15) is 4.79 Å². The van der Waals surface area contributed by atoms with Crippen molar-refractivity contribution in [2.75, 3.05) is 37.4 Å². The zero-order chi connectivity index (χ0) is 17.1. The van der Waals surface area contributed by atoms with E-state index in [1.54, 1.807) is 0 Å². The topological polar surface area (TPSA) is 70.4 Å². The first-order chi connectivity index (χ1) is 11.5. The van der Waals surface area contributed by atoms with E-state index in [1.165, 1.54) is 12.8 Å². The molecular weight excluding hydrogens is 304 g/mol. The number of nitrogens with zero attached hydrogens (tertiary/aromatic N) is 2. The number of fused-ring (bicyclic) bond motifs is 1. The normalized spacial score (nSPS) is 19.2. The van der Waals surface area contributed by atoms with Gasteiger partial charge in [-0.05, 0) is 56.0 Å². The SMILES string of the molecule is CC(CC(=O)Nc1ccc2oc(N(C)C)nc2c1)C1CCCNC1. The third-order valence-electron chi connectivity index (χ3n) is 4.69. The minimum absolute atomic E-state index is 0.0590. The summed E-state index contributed by atoms with van der Waals surface area (Å²) < 4.78 is 5.63. The molecule has 1 fully saturated rings. The molecule has 0 aliphatic carbocycles. The summed E-state index contributed by atoms with van der Waals surface area (Å²) in [6.45, 7) is 4.29. The maximum Gasteiger partial charge on any atom is 0.297 e. The second kappa shape index (κ2) is 7.21. The van der Waals surface area contributed by atoms with Crippen LogP contribution in [-0.4, -0.2) is 38.1 Å². The molecule has 1 amide bonds. The van der Waals surface area contributed by atoms with Crippen molar-refractivity contribution in [3.63, 3.8) is 0 Å². The van der Waals surface area contributed by atoms with Gasteiger partial charge in [0, 0.05) is 26.2 Å². The largest absolute Gasteiger partial charge is 0.423 e. The van der Waals surface area contributed by atoms with Gasteiger partial charge in [0.05, 0.1) is 0 Å². The molecule has 1 aromatic heterocycles. The lowest BCUT2D eigenvalue weighted by atomic mass is 9.85. The van der Waals surface area contributed by atoms with Crippen molar-refractivity contribution < 1.29 is 9.21 Å². The number of hydrogen-bond acceptors (Lipinski definition) is 5. The van der Waals surface area contributed by atoms with Gasteiger partial charge in [0.25, 0.3) is 6.01 Å². The Kier molecular flexibility index (Phi) is 5.04. The summed E-state index contributed by atoms with van der Waals surface area (Å²) in [5.74, 6) is 1.03. The van der Waals surface area contributed by atoms with Crippen molar-refractivity contribution in [3.8, 4) is 0 Å². The number of amides is 1. The fourth-order valence-corrected chi connectivity index (χ4v) is 3.22. The van der Waals surface area contributed by atoms with E-state index in [0.29, 0.717) is 24.3 Å². The summed E-state index contributed by atoms with van der Waals surface area (Å²) in [5.41, 5.74) is 2.24. The molecule has 24 heavy (non-hydrogen) atoms. The number of carbonyl (C=O) groups excluding carboxylic acids is 1. The summed E-state index contributed by atoms with van der Waals surface area (Å²) in [4.78, 5) is 18.6. The van der Waals surface area contributed by atoms with E-state index >= 15 is 0 Å². The quantitative estimate of drug-likeness (QED) is 0.882. The molecule has 0 bridgehead atoms. The predicted octanol–water partition coefficient (Wildman–Crippen LogP) is 2.86. The molecule has 3 rings (SSSR count). The van der Waals surface area contributed by atoms with Gasteiger partial charge in [0.1, 0.15) is 5.52 Å². The molecule has 2 atom stereocenters. The maximum atomic E-state index is 12.3. The molecule has 1 saturated heterocycles. The summed E-state index contributed by atoms with van der Waals surface area (Å²) in [6.07, 6.45) is 2.96. The van der Waals surface area contributed by atoms with Crippen molar-refractivity contribution in [2.45, 2.75) is 26.2 Å². The van der Waals surface area contributed by atoms with E-state index in [4.69, 9.17) is 4.42 Å². The van der Waals surface area contributed by atoms with Crippen LogP contribution in [0.25, 0.3) is 11.1 Å². The first-order valence-corrected chi connectivity index (χ1v) is 8.61. The van der Waals surface area contributed by atoms with Crippen LogP contribution in [0.1, 0.15) is 26.2 Å². The number of carbonyl (C=O) groups is 1. The van der Waals surface area contributed by atoms with Crippen molar-refractivity contribution in [3.05, 3.63) is 18.2 Å². The van der Waals surface area contributed by atoms with Crippen LogP contribution in [0, 0.1) is 11.8 Å². The molecule has 2 unspecified atom stereocenters. The van der Waals surface area contributed by atoms with E-state index in [1.807, 2.05) is 37.2 Å². The Hall–Kier alpha value is -2.08. The fraction of sp³-hybridized carbons (Fsp3) is 0.556. The number of oxazole rings is 1. The average Bonchev–Trinajstić information content (AvgIpc) is 2.99. The predicted molar refractivity (Wildman–Crippen MR) is 96.3 cm³/mol. The number of benzene rings is 1. The molecule has 6 heteroatoms. The molecular formula is C18H26N4O2. The standard InChI is InChI=1S/C18H26N4O2/c1-12(13-5-4-8-19-11-13)9-17(23)20-14-6-7-16-15(10-14)21-18(24-16)22(2)3/h6-7,10,12-13,19H,4-5,8-9,11H2,1-3H3,(H,20,23). The van der Waals surface area contributed by atoms with Gasteiger partial charge in [-0.1, -0.05) is 6.92 Å². The molecule has 1 aliphatic rings. The van der Waals surface area contributed by atoms with Crippen LogP contribution >= 0.6 is 0 Å². The number of hydrogen-bond donors (Lipinski definition) is 2. The lowest BCUT2D eigenvalue weighted by molar-refractivity contribution is -0.117. The Bertz CT molecular complexity index is 704. The Labute approximate surface area is 142 Å². The second-order valence-corrected chi connectivity index (χ2v) is 6.91. The first kappa shape index (κ1) is 16.8. The minimum atomic E-state index is 0.0590. The number of rotatable bonds is 5. The molecule has 0 spiro atoms. The summed E-state index contributed by atoms with van der Waals surface area (Å²) >= 11 is 0. The van der Waals surface area contributed by atoms with Crippen LogP contribution in [-0.2, 0) is 4.79 Å². The van der Waals surface area contributed by atoms with Crippen LogP contribution in [0.15, 0.2) is 22.6 Å². The average molecular weight is 330 g/mol. The second-order valence-electron chi connectivity index (χ2n) is 6.91. The molecule has 0 radical (unpaired) electrons. The fourth-order valence-electron chi connectivity index (χ4n) is 3.22. The van der Waals surface area contributed by atoms with E-state index in [0.717, 1.165) is 29.9 Å². The van der Waals surface area contributed by atoms with Crippen LogP contribution in [0.4, 0.5) is 11.7 Å². The van der Waals surface area contributed by atoms with Gasteiger partial charge in [-0.2, -0.15) is 4.98 Å². The minimum Gasteiger partial charge on any atom is -0.423 e. The molecule has 130 valence electrons. The molecule has 1 aromatic carbocycles. The third-order valence-corrected chi connectivity index (χ3v) is 4.69. The highest BCUT2D eigenvalue weighted by molar-refractivity contribution is 5.93. The number of anilines is 2. The van der Waals surface area contributed by atoms with Crippen molar-refractivity contribution in [2.24, 2.45) is 11.8 Å². The van der Waals surface area contributed by atoms with Gasteiger partial charge in [-0.25, -0.2) is 0 Å². The monoisotopic (exact) mass is 330 g/mol. The van der Waals surface area contributed by atoms with Crippen molar-refractivity contribution in [1.82, 2.24) is 10.3 Å². The van der Waals surface area contributed by atoms with Crippen molar-refractivity contribution >= 4 is 28.7 Å². The number of piperidine rings is 1. The zero-order valence-electron chi connectivity index (χ0n) is 14.6. The van der Waals surface area contributed by atoms with E-state index < -0.39 is 0 Å². The molecule has 0 saturated carbocycles. The van der Waals surface area contributed by atoms with E-state index in [2.05, 4.69) is 22.5 Å². The van der Waals surface area contributed by atoms with Crippen LogP contribution in [0.2, 0.25) is 0 Å². The maximum absolute atomic E-state index is 12.3. The zero-order valence-corrected chi connectivity index (χ0v) is 14.6. The smallest absolute Gasteiger partial charge is 0.297 e. The molecule has 1 aliphatic heterocycles. The summed E-state index contributed by atoms with van der Waals surface area (Å²) in [6, 6.07) is 6.13. The Balaban J connectivity index is 1.62. The first-order valence-electron chi connectivity index (χ1n) is 8.61. The van der Waals surface area contributed by atoms with Crippen LogP contribution in [0.5, 0.6) is 0 Å². The highest BCUT2D eigenvalue weighted by atomic mass is 16.4. The van der Waals surface area contributed by atoms with Crippen LogP contribution < -0.4 is 15.5 Å². The number of nitrogens with one attached hydrogen (secondary N) is 2. The van der Waals surface area contributed by atoms with Gasteiger partial charge in [-0.3, -0.25) is 4.79 Å². The molecule has 2 heterocycles. The van der Waals surface area contributed by atoms with Gasteiger partial charge in [0.2, 0.25) is 5.91 Å².